The Kier molecular flexibility index (Phi) is 4.61. The molecule has 0 fully saturated rings. The van der Waals surface area contributed by atoms with Crippen molar-refractivity contribution >= 4 is 15.5 Å². The SMILES string of the molecule is CCCS(=O)(=O)c1ccccc1NCC(F)(F)F. The van der Waals surface area contributed by atoms with E-state index >= 15 is 0 Å². The Hall–Kier alpha value is -1.24. The fourth-order valence-corrected chi connectivity index (χ4v) is 2.98. The van der Waals surface area contributed by atoms with Gasteiger partial charge in [0, 0.05) is 0 Å². The van der Waals surface area contributed by atoms with Crippen molar-refractivity contribution in [3.63, 3.8) is 0 Å². The van der Waals surface area contributed by atoms with E-state index in [4.69, 9.17) is 0 Å². The van der Waals surface area contributed by atoms with E-state index in [1.165, 1.54) is 24.3 Å². The highest BCUT2D eigenvalue weighted by molar-refractivity contribution is 7.91. The minimum absolute atomic E-state index is 0.0109. The predicted octanol–water partition coefficient (Wildman–Crippen LogP) is 2.84. The van der Waals surface area contributed by atoms with Gasteiger partial charge in [-0.05, 0) is 18.6 Å². The Morgan fingerprint density at radius 3 is 2.39 bits per heavy atom. The van der Waals surface area contributed by atoms with Gasteiger partial charge in [0.25, 0.3) is 0 Å². The Labute approximate surface area is 104 Å². The fraction of sp³-hybridized carbons (Fsp3) is 0.455. The van der Waals surface area contributed by atoms with Crippen molar-refractivity contribution in [1.29, 1.82) is 0 Å². The summed E-state index contributed by atoms with van der Waals surface area (Å²) in [4.78, 5) is -0.0869. The second kappa shape index (κ2) is 5.60. The van der Waals surface area contributed by atoms with Crippen LogP contribution in [0.2, 0.25) is 0 Å². The monoisotopic (exact) mass is 281 g/mol. The maximum atomic E-state index is 12.1. The third kappa shape index (κ3) is 4.21. The van der Waals surface area contributed by atoms with Gasteiger partial charge in [0.15, 0.2) is 9.84 Å². The van der Waals surface area contributed by atoms with Crippen LogP contribution in [0.1, 0.15) is 13.3 Å². The number of alkyl halides is 3. The van der Waals surface area contributed by atoms with E-state index in [0.717, 1.165) is 0 Å². The van der Waals surface area contributed by atoms with Crippen LogP contribution in [0.4, 0.5) is 18.9 Å². The molecule has 1 aromatic carbocycles. The van der Waals surface area contributed by atoms with Crippen LogP contribution in [0.5, 0.6) is 0 Å². The third-order valence-electron chi connectivity index (χ3n) is 2.17. The zero-order valence-electron chi connectivity index (χ0n) is 9.79. The lowest BCUT2D eigenvalue weighted by atomic mass is 10.3. The Morgan fingerprint density at radius 1 is 1.22 bits per heavy atom. The van der Waals surface area contributed by atoms with Gasteiger partial charge in [-0.1, -0.05) is 19.1 Å². The molecule has 7 heteroatoms. The van der Waals surface area contributed by atoms with Gasteiger partial charge in [0.2, 0.25) is 0 Å². The van der Waals surface area contributed by atoms with E-state index in [0.29, 0.717) is 6.42 Å². The van der Waals surface area contributed by atoms with Crippen LogP contribution in [0, 0.1) is 0 Å². The number of sulfone groups is 1. The van der Waals surface area contributed by atoms with Crippen LogP contribution in [0.3, 0.4) is 0 Å². The summed E-state index contributed by atoms with van der Waals surface area (Å²) in [5.41, 5.74) is -0.0109. The summed E-state index contributed by atoms with van der Waals surface area (Å²) in [5, 5.41) is 2.11. The summed E-state index contributed by atoms with van der Waals surface area (Å²) in [5.74, 6) is -0.0856. The molecule has 0 amide bonds. The molecule has 18 heavy (non-hydrogen) atoms. The highest BCUT2D eigenvalue weighted by Gasteiger charge is 2.27. The second-order valence-electron chi connectivity index (χ2n) is 3.78. The topological polar surface area (TPSA) is 46.2 Å². The maximum Gasteiger partial charge on any atom is 0.405 e. The number of nitrogens with one attached hydrogen (secondary N) is 1. The molecule has 1 N–H and O–H groups in total. The van der Waals surface area contributed by atoms with Crippen molar-refractivity contribution in [2.24, 2.45) is 0 Å². The average Bonchev–Trinajstić information content (AvgIpc) is 2.26. The molecule has 0 aliphatic heterocycles. The molecule has 0 saturated heterocycles. The van der Waals surface area contributed by atoms with Gasteiger partial charge < -0.3 is 5.32 Å². The molecule has 0 heterocycles. The number of anilines is 1. The molecular formula is C11H14F3NO2S. The van der Waals surface area contributed by atoms with E-state index in [9.17, 15) is 21.6 Å². The van der Waals surface area contributed by atoms with E-state index in [1.54, 1.807) is 6.92 Å². The summed E-state index contributed by atoms with van der Waals surface area (Å²) >= 11 is 0. The number of halogens is 3. The second-order valence-corrected chi connectivity index (χ2v) is 5.86. The zero-order valence-corrected chi connectivity index (χ0v) is 10.6. The molecule has 0 aliphatic carbocycles. The Bertz CT molecular complexity index is 497. The van der Waals surface area contributed by atoms with Crippen molar-refractivity contribution in [3.05, 3.63) is 24.3 Å². The molecule has 1 aromatic rings. The number of hydrogen-bond donors (Lipinski definition) is 1. The van der Waals surface area contributed by atoms with Gasteiger partial charge in [-0.3, -0.25) is 0 Å². The van der Waals surface area contributed by atoms with Gasteiger partial charge in [-0.15, -0.1) is 0 Å². The first-order valence-corrected chi connectivity index (χ1v) is 7.04. The van der Waals surface area contributed by atoms with Crippen molar-refractivity contribution in [2.75, 3.05) is 17.6 Å². The standard InChI is InChI=1S/C11H14F3NO2S/c1-2-7-18(16,17)10-6-4-3-5-9(10)15-8-11(12,13)14/h3-6,15H,2,7-8H2,1H3. The zero-order chi connectivity index (χ0) is 13.8. The lowest BCUT2D eigenvalue weighted by Crippen LogP contribution is -2.22. The van der Waals surface area contributed by atoms with Crippen LogP contribution >= 0.6 is 0 Å². The van der Waals surface area contributed by atoms with Crippen molar-refractivity contribution < 1.29 is 21.6 Å². The maximum absolute atomic E-state index is 12.1. The molecule has 0 spiro atoms. The quantitative estimate of drug-likeness (QED) is 0.902. The Balaban J connectivity index is 3.00. The van der Waals surface area contributed by atoms with Crippen LogP contribution in [0.25, 0.3) is 0 Å². The van der Waals surface area contributed by atoms with Crippen LogP contribution in [-0.2, 0) is 9.84 Å². The lowest BCUT2D eigenvalue weighted by molar-refractivity contribution is -0.115. The van der Waals surface area contributed by atoms with Gasteiger partial charge in [-0.2, -0.15) is 13.2 Å². The fourth-order valence-electron chi connectivity index (χ4n) is 1.46. The molecule has 0 saturated carbocycles. The van der Waals surface area contributed by atoms with Gasteiger partial charge >= 0.3 is 6.18 Å². The highest BCUT2D eigenvalue weighted by Crippen LogP contribution is 2.24. The van der Waals surface area contributed by atoms with Crippen LogP contribution < -0.4 is 5.32 Å². The largest absolute Gasteiger partial charge is 0.405 e. The predicted molar refractivity (Wildman–Crippen MR) is 63.3 cm³/mol. The Morgan fingerprint density at radius 2 is 1.83 bits per heavy atom. The van der Waals surface area contributed by atoms with Gasteiger partial charge in [0.05, 0.1) is 16.3 Å². The molecule has 1 rings (SSSR count). The molecule has 0 radical (unpaired) electrons. The van der Waals surface area contributed by atoms with E-state index < -0.39 is 22.6 Å². The molecule has 102 valence electrons. The van der Waals surface area contributed by atoms with Crippen molar-refractivity contribution in [2.45, 2.75) is 24.4 Å². The van der Waals surface area contributed by atoms with Gasteiger partial charge in [-0.25, -0.2) is 8.42 Å². The third-order valence-corrected chi connectivity index (χ3v) is 4.15. The first kappa shape index (κ1) is 14.8. The number of benzene rings is 1. The van der Waals surface area contributed by atoms with Gasteiger partial charge in [0.1, 0.15) is 6.54 Å². The summed E-state index contributed by atoms with van der Waals surface area (Å²) < 4.78 is 60.0. The lowest BCUT2D eigenvalue weighted by Gasteiger charge is -2.13. The molecular weight excluding hydrogens is 267 g/mol. The number of para-hydroxylation sites is 1. The molecule has 3 nitrogen and oxygen atoms in total. The van der Waals surface area contributed by atoms with E-state index in [1.807, 2.05) is 0 Å². The first-order chi connectivity index (χ1) is 8.26. The van der Waals surface area contributed by atoms with Crippen LogP contribution in [0.15, 0.2) is 29.2 Å². The minimum Gasteiger partial charge on any atom is -0.375 e. The summed E-state index contributed by atoms with van der Waals surface area (Å²) in [6.07, 6.45) is -3.97. The molecule has 0 aliphatic rings. The molecule has 0 bridgehead atoms. The molecule has 0 aromatic heterocycles. The summed E-state index contributed by atoms with van der Waals surface area (Å²) in [6.45, 7) is 0.439. The minimum atomic E-state index is -4.39. The first-order valence-electron chi connectivity index (χ1n) is 5.38. The molecule has 0 unspecified atom stereocenters. The van der Waals surface area contributed by atoms with Crippen LogP contribution in [-0.4, -0.2) is 26.9 Å². The highest BCUT2D eigenvalue weighted by atomic mass is 32.2. The normalized spacial score (nSPS) is 12.4. The van der Waals surface area contributed by atoms with Crippen molar-refractivity contribution in [1.82, 2.24) is 0 Å². The molecule has 0 atom stereocenters. The summed E-state index contributed by atoms with van der Waals surface area (Å²) in [7, 11) is -3.54. The smallest absolute Gasteiger partial charge is 0.375 e. The van der Waals surface area contributed by atoms with Crippen molar-refractivity contribution in [3.8, 4) is 0 Å². The van der Waals surface area contributed by atoms with E-state index in [-0.39, 0.29) is 16.3 Å². The number of rotatable bonds is 5. The van der Waals surface area contributed by atoms with E-state index in [2.05, 4.69) is 5.32 Å². The average molecular weight is 281 g/mol. The summed E-state index contributed by atoms with van der Waals surface area (Å²) in [6, 6.07) is 5.61. The number of hydrogen-bond acceptors (Lipinski definition) is 3.